The van der Waals surface area contributed by atoms with Gasteiger partial charge in [0.1, 0.15) is 0 Å². The van der Waals surface area contributed by atoms with Crippen LogP contribution in [0.5, 0.6) is 0 Å². The van der Waals surface area contributed by atoms with Crippen LogP contribution in [0.2, 0.25) is 0 Å². The van der Waals surface area contributed by atoms with Crippen molar-refractivity contribution in [1.82, 2.24) is 9.71 Å². The molecule has 1 rings (SSSR count). The summed E-state index contributed by atoms with van der Waals surface area (Å²) in [5.74, 6) is -0.511. The van der Waals surface area contributed by atoms with Crippen LogP contribution in [0.15, 0.2) is 24.5 Å². The Kier molecular flexibility index (Phi) is 5.91. The summed E-state index contributed by atoms with van der Waals surface area (Å²) in [6.07, 6.45) is 3.57. The highest BCUT2D eigenvalue weighted by Crippen LogP contribution is 2.11. The summed E-state index contributed by atoms with van der Waals surface area (Å²) in [6.45, 7) is 1.74. The van der Waals surface area contributed by atoms with Crippen molar-refractivity contribution in [2.45, 2.75) is 25.8 Å². The van der Waals surface area contributed by atoms with Crippen molar-refractivity contribution in [3.05, 3.63) is 30.1 Å². The molecule has 0 saturated carbocycles. The van der Waals surface area contributed by atoms with Crippen molar-refractivity contribution in [3.63, 3.8) is 0 Å². The van der Waals surface area contributed by atoms with Crippen molar-refractivity contribution in [2.24, 2.45) is 0 Å². The maximum atomic E-state index is 11.8. The standard InChI is InChI=1S/C12H18N2O4S/c1-10(11-5-3-7-13-9-11)14-19(16,17)8-4-6-12(15)18-2/h3,5,7,9-10,14H,4,6,8H2,1-2H3/t10-/m0/s1. The molecule has 0 unspecified atom stereocenters. The van der Waals surface area contributed by atoms with E-state index in [1.165, 1.54) is 7.11 Å². The fourth-order valence-corrected chi connectivity index (χ4v) is 2.85. The van der Waals surface area contributed by atoms with E-state index in [2.05, 4.69) is 14.4 Å². The molecule has 0 spiro atoms. The number of carbonyl (C=O) groups is 1. The van der Waals surface area contributed by atoms with Crippen LogP contribution in [0.3, 0.4) is 0 Å². The zero-order valence-electron chi connectivity index (χ0n) is 11.0. The highest BCUT2D eigenvalue weighted by Gasteiger charge is 2.16. The summed E-state index contributed by atoms with van der Waals surface area (Å²) in [6, 6.07) is 3.20. The van der Waals surface area contributed by atoms with Gasteiger partial charge < -0.3 is 4.74 Å². The molecule has 0 radical (unpaired) electrons. The summed E-state index contributed by atoms with van der Waals surface area (Å²) < 4.78 is 30.6. The zero-order valence-corrected chi connectivity index (χ0v) is 11.8. The molecule has 6 nitrogen and oxygen atoms in total. The number of carbonyl (C=O) groups excluding carboxylic acids is 1. The fraction of sp³-hybridized carbons (Fsp3) is 0.500. The molecule has 0 aromatic carbocycles. The largest absolute Gasteiger partial charge is 0.469 e. The normalized spacial score (nSPS) is 12.9. The molecule has 0 bridgehead atoms. The molecule has 1 aromatic rings. The third-order valence-electron chi connectivity index (χ3n) is 2.56. The zero-order chi connectivity index (χ0) is 14.3. The number of hydrogen-bond acceptors (Lipinski definition) is 5. The summed E-state index contributed by atoms with van der Waals surface area (Å²) in [5, 5.41) is 0. The van der Waals surface area contributed by atoms with Crippen molar-refractivity contribution < 1.29 is 17.9 Å². The number of ether oxygens (including phenoxy) is 1. The van der Waals surface area contributed by atoms with Gasteiger partial charge in [0.25, 0.3) is 0 Å². The topological polar surface area (TPSA) is 85.4 Å². The molecule has 1 N–H and O–H groups in total. The smallest absolute Gasteiger partial charge is 0.305 e. The minimum absolute atomic E-state index is 0.0959. The van der Waals surface area contributed by atoms with Gasteiger partial charge in [0.05, 0.1) is 12.9 Å². The average Bonchev–Trinajstić information content (AvgIpc) is 2.38. The summed E-state index contributed by atoms with van der Waals surface area (Å²) in [5.41, 5.74) is 0.791. The lowest BCUT2D eigenvalue weighted by Gasteiger charge is -2.13. The van der Waals surface area contributed by atoms with Gasteiger partial charge in [-0.05, 0) is 25.0 Å². The first-order valence-electron chi connectivity index (χ1n) is 5.91. The van der Waals surface area contributed by atoms with E-state index < -0.39 is 16.0 Å². The third-order valence-corrected chi connectivity index (χ3v) is 4.10. The maximum absolute atomic E-state index is 11.8. The predicted molar refractivity (Wildman–Crippen MR) is 70.8 cm³/mol. The Hall–Kier alpha value is -1.47. The number of esters is 1. The van der Waals surface area contributed by atoms with E-state index in [0.717, 1.165) is 5.56 Å². The van der Waals surface area contributed by atoms with E-state index in [-0.39, 0.29) is 24.6 Å². The van der Waals surface area contributed by atoms with Crippen molar-refractivity contribution in [1.29, 1.82) is 0 Å². The van der Waals surface area contributed by atoms with Gasteiger partial charge in [-0.15, -0.1) is 0 Å². The SMILES string of the molecule is COC(=O)CCCS(=O)(=O)N[C@@H](C)c1cccnc1. The number of nitrogens with zero attached hydrogens (tertiary/aromatic N) is 1. The lowest BCUT2D eigenvalue weighted by molar-refractivity contribution is -0.140. The Balaban J connectivity index is 2.48. The average molecular weight is 286 g/mol. The molecular weight excluding hydrogens is 268 g/mol. The Bertz CT molecular complexity index is 502. The van der Waals surface area contributed by atoms with Gasteiger partial charge in [-0.25, -0.2) is 13.1 Å². The lowest BCUT2D eigenvalue weighted by atomic mass is 10.2. The van der Waals surface area contributed by atoms with E-state index >= 15 is 0 Å². The van der Waals surface area contributed by atoms with E-state index in [9.17, 15) is 13.2 Å². The van der Waals surface area contributed by atoms with Gasteiger partial charge in [-0.2, -0.15) is 0 Å². The predicted octanol–water partition coefficient (Wildman–Crippen LogP) is 1.02. The first-order valence-corrected chi connectivity index (χ1v) is 7.56. The molecule has 0 amide bonds. The van der Waals surface area contributed by atoms with Crippen LogP contribution < -0.4 is 4.72 Å². The molecule has 1 heterocycles. The van der Waals surface area contributed by atoms with Gasteiger partial charge in [0.2, 0.25) is 10.0 Å². The highest BCUT2D eigenvalue weighted by atomic mass is 32.2. The molecule has 0 aliphatic carbocycles. The second kappa shape index (κ2) is 7.20. The Morgan fingerprint density at radius 3 is 2.84 bits per heavy atom. The van der Waals surface area contributed by atoms with Crippen molar-refractivity contribution in [2.75, 3.05) is 12.9 Å². The van der Waals surface area contributed by atoms with E-state index in [1.807, 2.05) is 0 Å². The second-order valence-corrected chi connectivity index (χ2v) is 6.00. The van der Waals surface area contributed by atoms with Crippen LogP contribution in [-0.4, -0.2) is 32.2 Å². The summed E-state index contributed by atoms with van der Waals surface area (Å²) in [7, 11) is -2.14. The van der Waals surface area contributed by atoms with Crippen molar-refractivity contribution >= 4 is 16.0 Å². The Morgan fingerprint density at radius 2 is 2.26 bits per heavy atom. The number of hydrogen-bond donors (Lipinski definition) is 1. The van der Waals surface area contributed by atoms with Crippen LogP contribution in [0, 0.1) is 0 Å². The molecule has 1 atom stereocenters. The molecule has 0 fully saturated rings. The quantitative estimate of drug-likeness (QED) is 0.756. The van der Waals surface area contributed by atoms with Crippen LogP contribution in [0.25, 0.3) is 0 Å². The molecule has 106 valence electrons. The molecule has 19 heavy (non-hydrogen) atoms. The van der Waals surface area contributed by atoms with Gasteiger partial charge in [0, 0.05) is 24.9 Å². The highest BCUT2D eigenvalue weighted by molar-refractivity contribution is 7.89. The summed E-state index contributed by atoms with van der Waals surface area (Å²) >= 11 is 0. The third kappa shape index (κ3) is 5.80. The number of methoxy groups -OCH3 is 1. The minimum Gasteiger partial charge on any atom is -0.469 e. The first kappa shape index (κ1) is 15.6. The van der Waals surface area contributed by atoms with Gasteiger partial charge in [0.15, 0.2) is 0 Å². The molecule has 0 aliphatic heterocycles. The monoisotopic (exact) mass is 286 g/mol. The lowest BCUT2D eigenvalue weighted by Crippen LogP contribution is -2.29. The van der Waals surface area contributed by atoms with Crippen molar-refractivity contribution in [3.8, 4) is 0 Å². The molecule has 0 aliphatic rings. The van der Waals surface area contributed by atoms with E-state index in [0.29, 0.717) is 0 Å². The number of nitrogens with one attached hydrogen (secondary N) is 1. The molecule has 0 saturated heterocycles. The number of pyridine rings is 1. The van der Waals surface area contributed by atoms with Crippen LogP contribution in [0.4, 0.5) is 0 Å². The van der Waals surface area contributed by atoms with Crippen LogP contribution in [-0.2, 0) is 19.6 Å². The van der Waals surface area contributed by atoms with Gasteiger partial charge >= 0.3 is 5.97 Å². The Labute approximate surface area is 113 Å². The second-order valence-electron chi connectivity index (χ2n) is 4.12. The maximum Gasteiger partial charge on any atom is 0.305 e. The fourth-order valence-electron chi connectivity index (χ4n) is 1.54. The molecule has 7 heteroatoms. The molecule has 1 aromatic heterocycles. The Morgan fingerprint density at radius 1 is 1.53 bits per heavy atom. The first-order chi connectivity index (χ1) is 8.94. The number of rotatable bonds is 7. The number of aromatic nitrogens is 1. The molecular formula is C12H18N2O4S. The summed E-state index contributed by atoms with van der Waals surface area (Å²) in [4.78, 5) is 14.8. The van der Waals surface area contributed by atoms with E-state index in [1.54, 1.807) is 31.5 Å². The minimum atomic E-state index is -3.42. The van der Waals surface area contributed by atoms with E-state index in [4.69, 9.17) is 0 Å². The van der Waals surface area contributed by atoms with Gasteiger partial charge in [-0.3, -0.25) is 9.78 Å². The number of sulfonamides is 1. The van der Waals surface area contributed by atoms with Gasteiger partial charge in [-0.1, -0.05) is 6.07 Å². The van der Waals surface area contributed by atoms with Crippen LogP contribution in [0.1, 0.15) is 31.4 Å². The van der Waals surface area contributed by atoms with Crippen LogP contribution >= 0.6 is 0 Å².